The Labute approximate surface area is 164 Å². The molecule has 2 rings (SSSR count). The van der Waals surface area contributed by atoms with Crippen LogP contribution < -0.4 is 5.32 Å². The number of hydrogen-bond donors (Lipinski definition) is 1. The number of amides is 1. The molecule has 0 aliphatic heterocycles. The standard InChI is InChI=1S/C24H34N2O/c1-7-26(8-2)22(19-12-14-21(15-13-19)24(4,5)6)17-25-23(27)20-11-9-10-18(3)16-20/h9-16,22H,7-8,17H2,1-6H3,(H,25,27)/t22-/m0/s1. The first-order chi connectivity index (χ1) is 12.8. The summed E-state index contributed by atoms with van der Waals surface area (Å²) >= 11 is 0. The minimum atomic E-state index is -0.0119. The molecule has 0 unspecified atom stereocenters. The van der Waals surface area contributed by atoms with E-state index in [4.69, 9.17) is 0 Å². The molecule has 0 aliphatic rings. The van der Waals surface area contributed by atoms with E-state index >= 15 is 0 Å². The van der Waals surface area contributed by atoms with Gasteiger partial charge in [0.15, 0.2) is 0 Å². The van der Waals surface area contributed by atoms with E-state index in [-0.39, 0.29) is 17.4 Å². The maximum Gasteiger partial charge on any atom is 0.251 e. The fraction of sp³-hybridized carbons (Fsp3) is 0.458. The van der Waals surface area contributed by atoms with Crippen LogP contribution in [0.25, 0.3) is 0 Å². The van der Waals surface area contributed by atoms with Crippen LogP contribution in [0.2, 0.25) is 0 Å². The van der Waals surface area contributed by atoms with Crippen LogP contribution in [-0.4, -0.2) is 30.4 Å². The van der Waals surface area contributed by atoms with Crippen LogP contribution in [0.1, 0.15) is 67.7 Å². The van der Waals surface area contributed by atoms with Crippen LogP contribution in [0.4, 0.5) is 0 Å². The van der Waals surface area contributed by atoms with Crippen molar-refractivity contribution in [2.45, 2.75) is 53.0 Å². The molecule has 1 N–H and O–H groups in total. The van der Waals surface area contributed by atoms with Gasteiger partial charge in [0.2, 0.25) is 0 Å². The first-order valence-corrected chi connectivity index (χ1v) is 9.95. The summed E-state index contributed by atoms with van der Waals surface area (Å²) in [6.45, 7) is 15.5. The predicted octanol–water partition coefficient (Wildman–Crippen LogP) is 5.11. The SMILES string of the molecule is CCN(CC)[C@@H](CNC(=O)c1cccc(C)c1)c1ccc(C(C)(C)C)cc1. The Bertz CT molecular complexity index is 740. The number of rotatable bonds is 7. The second kappa shape index (κ2) is 9.18. The molecule has 3 nitrogen and oxygen atoms in total. The Kier molecular flexibility index (Phi) is 7.20. The summed E-state index contributed by atoms with van der Waals surface area (Å²) in [5.74, 6) is -0.0119. The summed E-state index contributed by atoms with van der Waals surface area (Å²) in [6, 6.07) is 16.8. The van der Waals surface area contributed by atoms with Crippen LogP contribution in [0, 0.1) is 6.92 Å². The van der Waals surface area contributed by atoms with Gasteiger partial charge in [-0.3, -0.25) is 9.69 Å². The lowest BCUT2D eigenvalue weighted by atomic mass is 9.86. The highest BCUT2D eigenvalue weighted by Gasteiger charge is 2.20. The largest absolute Gasteiger partial charge is 0.350 e. The number of hydrogen-bond acceptors (Lipinski definition) is 2. The summed E-state index contributed by atoms with van der Waals surface area (Å²) in [7, 11) is 0. The zero-order valence-electron chi connectivity index (χ0n) is 17.7. The van der Waals surface area contributed by atoms with E-state index < -0.39 is 0 Å². The number of carbonyl (C=O) groups excluding carboxylic acids is 1. The Balaban J connectivity index is 2.18. The van der Waals surface area contributed by atoms with Gasteiger partial charge in [-0.05, 0) is 48.7 Å². The number of aryl methyl sites for hydroxylation is 1. The minimum absolute atomic E-state index is 0.0119. The topological polar surface area (TPSA) is 32.3 Å². The zero-order chi connectivity index (χ0) is 20.0. The van der Waals surface area contributed by atoms with Crippen LogP contribution in [-0.2, 0) is 5.41 Å². The monoisotopic (exact) mass is 366 g/mol. The van der Waals surface area contributed by atoms with Gasteiger partial charge < -0.3 is 5.32 Å². The third-order valence-electron chi connectivity index (χ3n) is 5.15. The second-order valence-electron chi connectivity index (χ2n) is 8.19. The molecule has 0 heterocycles. The number of nitrogens with one attached hydrogen (secondary N) is 1. The summed E-state index contributed by atoms with van der Waals surface area (Å²) in [4.78, 5) is 15.0. The van der Waals surface area contributed by atoms with Crippen molar-refractivity contribution in [3.8, 4) is 0 Å². The Morgan fingerprint density at radius 3 is 2.19 bits per heavy atom. The molecule has 27 heavy (non-hydrogen) atoms. The molecule has 146 valence electrons. The van der Waals surface area contributed by atoms with Gasteiger partial charge in [-0.2, -0.15) is 0 Å². The molecule has 2 aromatic rings. The average molecular weight is 367 g/mol. The predicted molar refractivity (Wildman–Crippen MR) is 114 cm³/mol. The lowest BCUT2D eigenvalue weighted by Crippen LogP contribution is -2.38. The zero-order valence-corrected chi connectivity index (χ0v) is 17.7. The maximum atomic E-state index is 12.6. The third kappa shape index (κ3) is 5.67. The molecule has 0 aliphatic carbocycles. The van der Waals surface area contributed by atoms with Gasteiger partial charge in [0.1, 0.15) is 0 Å². The summed E-state index contributed by atoms with van der Waals surface area (Å²) < 4.78 is 0. The maximum absolute atomic E-state index is 12.6. The van der Waals surface area contributed by atoms with Gasteiger partial charge >= 0.3 is 0 Å². The normalized spacial score (nSPS) is 12.9. The molecule has 1 amide bonds. The van der Waals surface area contributed by atoms with Crippen molar-refractivity contribution in [2.75, 3.05) is 19.6 Å². The Morgan fingerprint density at radius 2 is 1.67 bits per heavy atom. The fourth-order valence-electron chi connectivity index (χ4n) is 3.41. The number of likely N-dealkylation sites (N-methyl/N-ethyl adjacent to an activating group) is 1. The van der Waals surface area contributed by atoms with Gasteiger partial charge in [-0.15, -0.1) is 0 Å². The Hall–Kier alpha value is -2.13. The van der Waals surface area contributed by atoms with Crippen molar-refractivity contribution >= 4 is 5.91 Å². The highest BCUT2D eigenvalue weighted by molar-refractivity contribution is 5.94. The van der Waals surface area contributed by atoms with Crippen molar-refractivity contribution in [1.29, 1.82) is 0 Å². The van der Waals surface area contributed by atoms with Crippen LogP contribution in [0.5, 0.6) is 0 Å². The second-order valence-corrected chi connectivity index (χ2v) is 8.19. The molecule has 0 bridgehead atoms. The summed E-state index contributed by atoms with van der Waals surface area (Å²) in [6.07, 6.45) is 0. The van der Waals surface area contributed by atoms with Gasteiger partial charge in [-0.1, -0.05) is 76.6 Å². The van der Waals surface area contributed by atoms with Crippen molar-refractivity contribution in [3.05, 3.63) is 70.8 Å². The molecule has 0 radical (unpaired) electrons. The van der Waals surface area contributed by atoms with E-state index in [1.54, 1.807) is 0 Å². The fourth-order valence-corrected chi connectivity index (χ4v) is 3.41. The van der Waals surface area contributed by atoms with Crippen molar-refractivity contribution in [1.82, 2.24) is 10.2 Å². The summed E-state index contributed by atoms with van der Waals surface area (Å²) in [5, 5.41) is 3.14. The lowest BCUT2D eigenvalue weighted by molar-refractivity contribution is 0.0935. The Morgan fingerprint density at radius 1 is 1.04 bits per heavy atom. The number of benzene rings is 2. The van der Waals surface area contributed by atoms with E-state index in [1.165, 1.54) is 11.1 Å². The van der Waals surface area contributed by atoms with Crippen LogP contribution in [0.15, 0.2) is 48.5 Å². The quantitative estimate of drug-likeness (QED) is 0.739. The molecular formula is C24H34N2O. The van der Waals surface area contributed by atoms with Crippen molar-refractivity contribution < 1.29 is 4.79 Å². The van der Waals surface area contributed by atoms with Crippen molar-refractivity contribution in [3.63, 3.8) is 0 Å². The minimum Gasteiger partial charge on any atom is -0.350 e. The van der Waals surface area contributed by atoms with Crippen LogP contribution in [0.3, 0.4) is 0 Å². The molecule has 0 saturated carbocycles. The van der Waals surface area contributed by atoms with Crippen molar-refractivity contribution in [2.24, 2.45) is 0 Å². The molecular weight excluding hydrogens is 332 g/mol. The van der Waals surface area contributed by atoms with Gasteiger partial charge in [0.05, 0.1) is 6.04 Å². The van der Waals surface area contributed by atoms with E-state index in [9.17, 15) is 4.79 Å². The van der Waals surface area contributed by atoms with E-state index in [0.29, 0.717) is 6.54 Å². The van der Waals surface area contributed by atoms with E-state index in [1.807, 2.05) is 31.2 Å². The number of carbonyl (C=O) groups is 1. The smallest absolute Gasteiger partial charge is 0.251 e. The first kappa shape index (κ1) is 21.2. The first-order valence-electron chi connectivity index (χ1n) is 9.95. The molecule has 0 spiro atoms. The molecule has 2 aromatic carbocycles. The molecule has 0 aromatic heterocycles. The van der Waals surface area contributed by atoms with Gasteiger partial charge in [0.25, 0.3) is 5.91 Å². The van der Waals surface area contributed by atoms with Gasteiger partial charge in [0, 0.05) is 12.1 Å². The van der Waals surface area contributed by atoms with E-state index in [0.717, 1.165) is 24.2 Å². The molecule has 3 heteroatoms. The molecule has 0 saturated heterocycles. The molecule has 1 atom stereocenters. The summed E-state index contributed by atoms with van der Waals surface area (Å²) in [5.41, 5.74) is 4.53. The van der Waals surface area contributed by atoms with Gasteiger partial charge in [-0.25, -0.2) is 0 Å². The highest BCUT2D eigenvalue weighted by Crippen LogP contribution is 2.26. The van der Waals surface area contributed by atoms with E-state index in [2.05, 4.69) is 69.1 Å². The molecule has 0 fully saturated rings. The average Bonchev–Trinajstić information content (AvgIpc) is 2.64. The lowest BCUT2D eigenvalue weighted by Gasteiger charge is -2.31. The van der Waals surface area contributed by atoms with Crippen LogP contribution >= 0.6 is 0 Å². The number of nitrogens with zero attached hydrogens (tertiary/aromatic N) is 1. The highest BCUT2D eigenvalue weighted by atomic mass is 16.1. The third-order valence-corrected chi connectivity index (χ3v) is 5.15.